The third kappa shape index (κ3) is 4.52. The van der Waals surface area contributed by atoms with E-state index >= 15 is 0 Å². The molecule has 0 radical (unpaired) electrons. The first-order chi connectivity index (χ1) is 14.2. The molecule has 0 spiro atoms. The molecule has 0 saturated carbocycles. The molecule has 0 unspecified atom stereocenters. The number of nitrogens with one attached hydrogen (secondary N) is 2. The third-order valence-electron chi connectivity index (χ3n) is 4.48. The first-order valence-electron chi connectivity index (χ1n) is 9.37. The molecule has 146 valence electrons. The Balaban J connectivity index is 1.28. The van der Waals surface area contributed by atoms with E-state index in [2.05, 4.69) is 15.8 Å². The molecule has 2 aromatic heterocycles. The molecule has 0 bridgehead atoms. The number of nitrogens with zero attached hydrogens (tertiary/aromatic N) is 2. The van der Waals surface area contributed by atoms with Crippen molar-refractivity contribution in [2.75, 3.05) is 0 Å². The Hall–Kier alpha value is -3.45. The van der Waals surface area contributed by atoms with Gasteiger partial charge in [-0.2, -0.15) is 0 Å². The molecule has 0 atom stereocenters. The number of para-hydroxylation sites is 2. The first-order valence-corrected chi connectivity index (χ1v) is 10.2. The number of hydrogen-bond donors (Lipinski definition) is 2. The highest BCUT2D eigenvalue weighted by Crippen LogP contribution is 2.22. The summed E-state index contributed by atoms with van der Waals surface area (Å²) in [7, 11) is 0. The van der Waals surface area contributed by atoms with Gasteiger partial charge < -0.3 is 4.57 Å². The number of amides is 2. The van der Waals surface area contributed by atoms with Gasteiger partial charge in [0, 0.05) is 18.8 Å². The molecule has 4 aromatic rings. The zero-order chi connectivity index (χ0) is 20.1. The summed E-state index contributed by atoms with van der Waals surface area (Å²) in [5, 5.41) is 1.02. The quantitative estimate of drug-likeness (QED) is 0.479. The van der Waals surface area contributed by atoms with Crippen LogP contribution in [0.15, 0.2) is 73.1 Å². The number of hydrogen-bond acceptors (Lipinski definition) is 4. The lowest BCUT2D eigenvalue weighted by Crippen LogP contribution is -2.41. The SMILES string of the molecule is O=C(CCCc1nc2ccccc2s1)NNC(=O)c1ccccc1-n1cccc1. The van der Waals surface area contributed by atoms with Crippen LogP contribution in [0.1, 0.15) is 28.2 Å². The molecular weight excluding hydrogens is 384 g/mol. The van der Waals surface area contributed by atoms with E-state index < -0.39 is 0 Å². The van der Waals surface area contributed by atoms with Crippen molar-refractivity contribution in [3.8, 4) is 5.69 Å². The fraction of sp³-hybridized carbons (Fsp3) is 0.136. The summed E-state index contributed by atoms with van der Waals surface area (Å²) in [5.41, 5.74) is 7.23. The van der Waals surface area contributed by atoms with Crippen LogP contribution >= 0.6 is 11.3 Å². The van der Waals surface area contributed by atoms with E-state index in [0.29, 0.717) is 18.4 Å². The minimum absolute atomic E-state index is 0.224. The number of aryl methyl sites for hydroxylation is 1. The predicted octanol–water partition coefficient (Wildman–Crippen LogP) is 3.87. The fourth-order valence-corrected chi connectivity index (χ4v) is 4.08. The van der Waals surface area contributed by atoms with Gasteiger partial charge in [-0.3, -0.25) is 20.4 Å². The number of carbonyl (C=O) groups excluding carboxylic acids is 2. The van der Waals surface area contributed by atoms with E-state index in [1.165, 1.54) is 0 Å². The predicted molar refractivity (Wildman–Crippen MR) is 114 cm³/mol. The molecule has 2 aromatic carbocycles. The standard InChI is InChI=1S/C22H20N4O2S/c27-20(12-7-13-21-23-17-9-2-4-11-19(17)29-21)24-25-22(28)16-8-1-3-10-18(16)26-14-5-6-15-26/h1-6,8-11,14-15H,7,12-13H2,(H,24,27)(H,25,28). The topological polar surface area (TPSA) is 76.0 Å². The fourth-order valence-electron chi connectivity index (χ4n) is 3.07. The van der Waals surface area contributed by atoms with Crippen LogP contribution < -0.4 is 10.9 Å². The van der Waals surface area contributed by atoms with E-state index in [1.807, 2.05) is 65.5 Å². The Bertz CT molecular complexity index is 1100. The molecule has 0 aliphatic rings. The van der Waals surface area contributed by atoms with Gasteiger partial charge in [0.25, 0.3) is 5.91 Å². The Morgan fingerprint density at radius 2 is 1.69 bits per heavy atom. The zero-order valence-electron chi connectivity index (χ0n) is 15.7. The van der Waals surface area contributed by atoms with Gasteiger partial charge in [-0.05, 0) is 49.2 Å². The molecule has 2 heterocycles. The molecular formula is C22H20N4O2S. The second kappa shape index (κ2) is 8.70. The van der Waals surface area contributed by atoms with E-state index in [-0.39, 0.29) is 11.8 Å². The second-order valence-electron chi connectivity index (χ2n) is 6.54. The van der Waals surface area contributed by atoms with E-state index in [1.54, 1.807) is 23.5 Å². The van der Waals surface area contributed by atoms with Gasteiger partial charge in [-0.25, -0.2) is 4.98 Å². The van der Waals surface area contributed by atoms with Crippen LogP contribution in [0.4, 0.5) is 0 Å². The van der Waals surface area contributed by atoms with Crippen LogP contribution in [-0.4, -0.2) is 21.4 Å². The molecule has 0 aliphatic heterocycles. The average molecular weight is 404 g/mol. The minimum atomic E-state index is -0.353. The summed E-state index contributed by atoms with van der Waals surface area (Å²) < 4.78 is 3.01. The molecule has 7 heteroatoms. The van der Waals surface area contributed by atoms with Crippen molar-refractivity contribution < 1.29 is 9.59 Å². The lowest BCUT2D eigenvalue weighted by Gasteiger charge is -2.11. The van der Waals surface area contributed by atoms with E-state index in [4.69, 9.17) is 0 Å². The van der Waals surface area contributed by atoms with Gasteiger partial charge in [0.1, 0.15) is 0 Å². The zero-order valence-corrected chi connectivity index (χ0v) is 16.5. The number of benzene rings is 2. The average Bonchev–Trinajstić information content (AvgIpc) is 3.41. The Labute approximate surface area is 172 Å². The Morgan fingerprint density at radius 3 is 2.52 bits per heavy atom. The van der Waals surface area contributed by atoms with Crippen molar-refractivity contribution in [2.24, 2.45) is 0 Å². The normalized spacial score (nSPS) is 10.8. The Morgan fingerprint density at radius 1 is 0.931 bits per heavy atom. The van der Waals surface area contributed by atoms with Crippen molar-refractivity contribution in [1.82, 2.24) is 20.4 Å². The lowest BCUT2D eigenvalue weighted by molar-refractivity contribution is -0.121. The maximum atomic E-state index is 12.5. The first kappa shape index (κ1) is 18.9. The largest absolute Gasteiger partial charge is 0.323 e. The number of hydrazine groups is 1. The second-order valence-corrected chi connectivity index (χ2v) is 7.65. The number of rotatable bonds is 6. The van der Waals surface area contributed by atoms with Gasteiger partial charge in [-0.1, -0.05) is 24.3 Å². The molecule has 2 amide bonds. The lowest BCUT2D eigenvalue weighted by atomic mass is 10.1. The van der Waals surface area contributed by atoms with Crippen LogP contribution in [0.2, 0.25) is 0 Å². The van der Waals surface area contributed by atoms with E-state index in [0.717, 1.165) is 27.3 Å². The van der Waals surface area contributed by atoms with Crippen molar-refractivity contribution >= 4 is 33.4 Å². The van der Waals surface area contributed by atoms with Crippen LogP contribution in [0, 0.1) is 0 Å². The van der Waals surface area contributed by atoms with Crippen LogP contribution in [0.3, 0.4) is 0 Å². The number of thiazole rings is 1. The van der Waals surface area contributed by atoms with Crippen molar-refractivity contribution in [3.63, 3.8) is 0 Å². The molecule has 0 fully saturated rings. The maximum absolute atomic E-state index is 12.5. The number of aromatic nitrogens is 2. The summed E-state index contributed by atoms with van der Waals surface area (Å²) in [6, 6.07) is 19.0. The van der Waals surface area contributed by atoms with Gasteiger partial charge in [0.05, 0.1) is 26.5 Å². The molecule has 29 heavy (non-hydrogen) atoms. The summed E-state index contributed by atoms with van der Waals surface area (Å²) in [4.78, 5) is 29.2. The minimum Gasteiger partial charge on any atom is -0.323 e. The van der Waals surface area contributed by atoms with Crippen molar-refractivity contribution in [3.05, 3.63) is 83.6 Å². The van der Waals surface area contributed by atoms with Crippen molar-refractivity contribution in [2.45, 2.75) is 19.3 Å². The van der Waals surface area contributed by atoms with Gasteiger partial charge in [0.15, 0.2) is 0 Å². The number of carbonyl (C=O) groups is 2. The highest BCUT2D eigenvalue weighted by molar-refractivity contribution is 7.18. The maximum Gasteiger partial charge on any atom is 0.271 e. The monoisotopic (exact) mass is 404 g/mol. The summed E-state index contributed by atoms with van der Waals surface area (Å²) in [6.07, 6.45) is 5.45. The molecule has 6 nitrogen and oxygen atoms in total. The highest BCUT2D eigenvalue weighted by atomic mass is 32.1. The van der Waals surface area contributed by atoms with Gasteiger partial charge in [0.2, 0.25) is 5.91 Å². The summed E-state index contributed by atoms with van der Waals surface area (Å²) in [5.74, 6) is -0.577. The van der Waals surface area contributed by atoms with Gasteiger partial charge in [-0.15, -0.1) is 11.3 Å². The van der Waals surface area contributed by atoms with E-state index in [9.17, 15) is 9.59 Å². The van der Waals surface area contributed by atoms with Gasteiger partial charge >= 0.3 is 0 Å². The smallest absolute Gasteiger partial charge is 0.271 e. The molecule has 4 rings (SSSR count). The van der Waals surface area contributed by atoms with Crippen LogP contribution in [0.5, 0.6) is 0 Å². The van der Waals surface area contributed by atoms with Crippen molar-refractivity contribution in [1.29, 1.82) is 0 Å². The molecule has 0 saturated heterocycles. The number of fused-ring (bicyclic) bond motifs is 1. The highest BCUT2D eigenvalue weighted by Gasteiger charge is 2.13. The summed E-state index contributed by atoms with van der Waals surface area (Å²) in [6.45, 7) is 0. The van der Waals surface area contributed by atoms with Crippen LogP contribution in [0.25, 0.3) is 15.9 Å². The summed E-state index contributed by atoms with van der Waals surface area (Å²) >= 11 is 1.65. The molecule has 0 aliphatic carbocycles. The third-order valence-corrected chi connectivity index (χ3v) is 5.58. The Kier molecular flexibility index (Phi) is 5.67. The van der Waals surface area contributed by atoms with Crippen LogP contribution in [-0.2, 0) is 11.2 Å². The molecule has 2 N–H and O–H groups in total.